The number of ether oxygens (including phenoxy) is 1. The predicted octanol–water partition coefficient (Wildman–Crippen LogP) is 3.08. The van der Waals surface area contributed by atoms with Gasteiger partial charge in [-0.3, -0.25) is 0 Å². The lowest BCUT2D eigenvalue weighted by atomic mass is 10.1. The highest BCUT2D eigenvalue weighted by molar-refractivity contribution is 5.90. The van der Waals surface area contributed by atoms with Crippen LogP contribution in [0.15, 0.2) is 48.5 Å². The number of amides is 2. The van der Waals surface area contributed by atoms with E-state index in [2.05, 4.69) is 27.7 Å². The molecule has 0 unspecified atom stereocenters. The van der Waals surface area contributed by atoms with Crippen LogP contribution in [0.3, 0.4) is 0 Å². The van der Waals surface area contributed by atoms with Gasteiger partial charge in [0.25, 0.3) is 0 Å². The van der Waals surface area contributed by atoms with Crippen molar-refractivity contribution in [2.75, 3.05) is 26.5 Å². The number of benzene rings is 2. The van der Waals surface area contributed by atoms with Gasteiger partial charge < -0.3 is 20.3 Å². The van der Waals surface area contributed by atoms with E-state index in [1.807, 2.05) is 38.4 Å². The minimum absolute atomic E-state index is 0.257. The van der Waals surface area contributed by atoms with Crippen LogP contribution in [0, 0.1) is 0 Å². The van der Waals surface area contributed by atoms with Gasteiger partial charge in [-0.1, -0.05) is 36.4 Å². The van der Waals surface area contributed by atoms with Crippen molar-refractivity contribution < 1.29 is 9.53 Å². The average molecular weight is 313 g/mol. The number of nitrogens with zero attached hydrogens (tertiary/aromatic N) is 1. The van der Waals surface area contributed by atoms with Gasteiger partial charge in [0, 0.05) is 13.1 Å². The van der Waals surface area contributed by atoms with Crippen LogP contribution in [0.4, 0.5) is 10.5 Å². The number of hydrogen-bond acceptors (Lipinski definition) is 3. The van der Waals surface area contributed by atoms with E-state index in [1.54, 1.807) is 19.2 Å². The molecule has 0 aromatic heterocycles. The Balaban J connectivity index is 1.91. The molecule has 0 aliphatic heterocycles. The van der Waals surface area contributed by atoms with Crippen molar-refractivity contribution in [3.63, 3.8) is 0 Å². The van der Waals surface area contributed by atoms with E-state index in [9.17, 15) is 4.79 Å². The van der Waals surface area contributed by atoms with Crippen molar-refractivity contribution in [1.29, 1.82) is 0 Å². The molecule has 0 saturated heterocycles. The summed E-state index contributed by atoms with van der Waals surface area (Å²) in [5.74, 6) is 0.635. The molecule has 0 aliphatic rings. The van der Waals surface area contributed by atoms with Crippen molar-refractivity contribution in [2.45, 2.75) is 13.1 Å². The largest absolute Gasteiger partial charge is 0.495 e. The average Bonchev–Trinajstić information content (AvgIpc) is 2.53. The highest BCUT2D eigenvalue weighted by Gasteiger charge is 2.06. The first kappa shape index (κ1) is 16.8. The minimum Gasteiger partial charge on any atom is -0.495 e. The first-order valence-corrected chi connectivity index (χ1v) is 7.49. The van der Waals surface area contributed by atoms with Crippen LogP contribution in [0.25, 0.3) is 0 Å². The van der Waals surface area contributed by atoms with Crippen LogP contribution in [0.1, 0.15) is 11.1 Å². The van der Waals surface area contributed by atoms with E-state index >= 15 is 0 Å². The van der Waals surface area contributed by atoms with Gasteiger partial charge in [0.1, 0.15) is 5.75 Å². The molecule has 0 fully saturated rings. The fourth-order valence-electron chi connectivity index (χ4n) is 2.30. The molecule has 0 aliphatic carbocycles. The summed E-state index contributed by atoms with van der Waals surface area (Å²) in [5.41, 5.74) is 2.94. The van der Waals surface area contributed by atoms with Crippen LogP contribution in [-0.2, 0) is 13.1 Å². The summed E-state index contributed by atoms with van der Waals surface area (Å²) in [5, 5.41) is 5.66. The predicted molar refractivity (Wildman–Crippen MR) is 92.7 cm³/mol. The maximum atomic E-state index is 12.0. The standard InChI is InChI=1S/C18H23N3O2/c1-21(2)13-15-8-6-7-14(11-15)12-19-18(22)20-16-9-4-5-10-17(16)23-3/h4-11H,12-13H2,1-3H3,(H2,19,20,22). The van der Waals surface area contributed by atoms with Gasteiger partial charge in [-0.25, -0.2) is 4.79 Å². The molecule has 0 bridgehead atoms. The van der Waals surface area contributed by atoms with E-state index in [0.29, 0.717) is 18.0 Å². The van der Waals surface area contributed by atoms with E-state index in [4.69, 9.17) is 4.74 Å². The zero-order valence-electron chi connectivity index (χ0n) is 13.8. The minimum atomic E-state index is -0.257. The van der Waals surface area contributed by atoms with Gasteiger partial charge in [-0.2, -0.15) is 0 Å². The first-order valence-electron chi connectivity index (χ1n) is 7.49. The van der Waals surface area contributed by atoms with Crippen molar-refractivity contribution in [2.24, 2.45) is 0 Å². The molecule has 0 spiro atoms. The van der Waals surface area contributed by atoms with E-state index in [0.717, 1.165) is 12.1 Å². The summed E-state index contributed by atoms with van der Waals surface area (Å²) in [4.78, 5) is 14.1. The quantitative estimate of drug-likeness (QED) is 0.862. The molecule has 5 heteroatoms. The second-order valence-corrected chi connectivity index (χ2v) is 5.57. The van der Waals surface area contributed by atoms with Gasteiger partial charge in [-0.05, 0) is 37.4 Å². The fraction of sp³-hybridized carbons (Fsp3) is 0.278. The molecule has 2 N–H and O–H groups in total. The number of carbonyl (C=O) groups excluding carboxylic acids is 1. The van der Waals surface area contributed by atoms with E-state index in [1.165, 1.54) is 5.56 Å². The smallest absolute Gasteiger partial charge is 0.319 e. The van der Waals surface area contributed by atoms with Crippen molar-refractivity contribution in [3.8, 4) is 5.75 Å². The number of rotatable bonds is 6. The Morgan fingerprint density at radius 1 is 1.09 bits per heavy atom. The van der Waals surface area contributed by atoms with Gasteiger partial charge in [0.15, 0.2) is 0 Å². The molecular weight excluding hydrogens is 290 g/mol. The Morgan fingerprint density at radius 3 is 2.57 bits per heavy atom. The molecule has 0 heterocycles. The van der Waals surface area contributed by atoms with Crippen LogP contribution >= 0.6 is 0 Å². The molecule has 5 nitrogen and oxygen atoms in total. The monoisotopic (exact) mass is 313 g/mol. The topological polar surface area (TPSA) is 53.6 Å². The Hall–Kier alpha value is -2.53. The Kier molecular flexibility index (Phi) is 6.00. The summed E-state index contributed by atoms with van der Waals surface area (Å²) in [6.07, 6.45) is 0. The maximum Gasteiger partial charge on any atom is 0.319 e. The highest BCUT2D eigenvalue weighted by Crippen LogP contribution is 2.22. The van der Waals surface area contributed by atoms with Gasteiger partial charge >= 0.3 is 6.03 Å². The molecule has 23 heavy (non-hydrogen) atoms. The zero-order chi connectivity index (χ0) is 16.7. The van der Waals surface area contributed by atoms with Gasteiger partial charge in [0.05, 0.1) is 12.8 Å². The number of carbonyl (C=O) groups is 1. The third-order valence-electron chi connectivity index (χ3n) is 3.30. The summed E-state index contributed by atoms with van der Waals surface area (Å²) in [7, 11) is 5.64. The van der Waals surface area contributed by atoms with Crippen LogP contribution < -0.4 is 15.4 Å². The van der Waals surface area contributed by atoms with Crippen LogP contribution in [0.5, 0.6) is 5.75 Å². The SMILES string of the molecule is COc1ccccc1NC(=O)NCc1cccc(CN(C)C)c1. The van der Waals surface area contributed by atoms with Gasteiger partial charge in [-0.15, -0.1) is 0 Å². The summed E-state index contributed by atoms with van der Waals surface area (Å²) in [6.45, 7) is 1.35. The molecule has 2 amide bonds. The molecule has 2 rings (SSSR count). The molecular formula is C18H23N3O2. The molecule has 2 aromatic rings. The van der Waals surface area contributed by atoms with Crippen molar-refractivity contribution >= 4 is 11.7 Å². The summed E-state index contributed by atoms with van der Waals surface area (Å²) < 4.78 is 5.21. The summed E-state index contributed by atoms with van der Waals surface area (Å²) in [6, 6.07) is 15.3. The lowest BCUT2D eigenvalue weighted by Gasteiger charge is -2.12. The van der Waals surface area contributed by atoms with E-state index < -0.39 is 0 Å². The summed E-state index contributed by atoms with van der Waals surface area (Å²) >= 11 is 0. The number of anilines is 1. The highest BCUT2D eigenvalue weighted by atomic mass is 16.5. The first-order chi connectivity index (χ1) is 11.1. The number of hydrogen-bond donors (Lipinski definition) is 2. The number of para-hydroxylation sites is 2. The van der Waals surface area contributed by atoms with Crippen molar-refractivity contribution in [3.05, 3.63) is 59.7 Å². The number of nitrogens with one attached hydrogen (secondary N) is 2. The Bertz CT molecular complexity index is 656. The third kappa shape index (κ3) is 5.30. The van der Waals surface area contributed by atoms with Crippen LogP contribution in [0.2, 0.25) is 0 Å². The molecule has 122 valence electrons. The lowest BCUT2D eigenvalue weighted by molar-refractivity contribution is 0.251. The van der Waals surface area contributed by atoms with Crippen molar-refractivity contribution in [1.82, 2.24) is 10.2 Å². The van der Waals surface area contributed by atoms with Crippen LogP contribution in [-0.4, -0.2) is 32.1 Å². The van der Waals surface area contributed by atoms with Gasteiger partial charge in [0.2, 0.25) is 0 Å². The van der Waals surface area contributed by atoms with E-state index in [-0.39, 0.29) is 6.03 Å². The fourth-order valence-corrected chi connectivity index (χ4v) is 2.30. The molecule has 0 saturated carbocycles. The second kappa shape index (κ2) is 8.19. The molecule has 2 aromatic carbocycles. The number of methoxy groups -OCH3 is 1. The maximum absolute atomic E-state index is 12.0. The molecule has 0 atom stereocenters. The zero-order valence-corrected chi connectivity index (χ0v) is 13.8. The third-order valence-corrected chi connectivity index (χ3v) is 3.30. The molecule has 0 radical (unpaired) electrons. The lowest BCUT2D eigenvalue weighted by Crippen LogP contribution is -2.28. The normalized spacial score (nSPS) is 10.4. The Labute approximate surface area is 137 Å². The Morgan fingerprint density at radius 2 is 1.83 bits per heavy atom. The second-order valence-electron chi connectivity index (χ2n) is 5.57. The number of urea groups is 1.